The largest absolute Gasteiger partial charge is 0.478 e. The zero-order valence-electron chi connectivity index (χ0n) is 8.61. The van der Waals surface area contributed by atoms with E-state index in [0.29, 0.717) is 17.9 Å². The topological polar surface area (TPSA) is 55.8 Å². The van der Waals surface area contributed by atoms with Crippen LogP contribution in [0.3, 0.4) is 0 Å². The van der Waals surface area contributed by atoms with Crippen LogP contribution in [0.4, 0.5) is 0 Å². The van der Waals surface area contributed by atoms with Crippen LogP contribution in [0.2, 0.25) is 0 Å². The Morgan fingerprint density at radius 2 is 2.07 bits per heavy atom. The van der Waals surface area contributed by atoms with Gasteiger partial charge in [0.1, 0.15) is 0 Å². The van der Waals surface area contributed by atoms with Gasteiger partial charge < -0.3 is 14.6 Å². The second-order valence-corrected chi connectivity index (χ2v) is 3.66. The van der Waals surface area contributed by atoms with Crippen LogP contribution in [-0.2, 0) is 0 Å². The van der Waals surface area contributed by atoms with Gasteiger partial charge >= 0.3 is 5.97 Å². The molecule has 80 valence electrons. The molecule has 0 aromatic heterocycles. The van der Waals surface area contributed by atoms with E-state index in [1.807, 2.05) is 13.8 Å². The summed E-state index contributed by atoms with van der Waals surface area (Å²) >= 11 is 0. The molecule has 1 unspecified atom stereocenters. The Labute approximate surface area is 87.4 Å². The molecule has 1 aliphatic heterocycles. The standard InChI is InChI=1S/C11H12O4/c1-3-11(2)14-8-5-4-7(10(12)13)6-9(8)15-11/h4-6H,3H2,1-2H3,(H,12,13). The van der Waals surface area contributed by atoms with Crippen LogP contribution >= 0.6 is 0 Å². The first-order valence-corrected chi connectivity index (χ1v) is 4.79. The van der Waals surface area contributed by atoms with Crippen LogP contribution in [0.15, 0.2) is 18.2 Å². The van der Waals surface area contributed by atoms with E-state index in [-0.39, 0.29) is 5.56 Å². The number of hydrogen-bond donors (Lipinski definition) is 1. The molecule has 0 aliphatic carbocycles. The second-order valence-electron chi connectivity index (χ2n) is 3.66. The Bertz CT molecular complexity index is 413. The molecule has 1 aromatic carbocycles. The number of ether oxygens (including phenoxy) is 2. The molecule has 1 N–H and O–H groups in total. The summed E-state index contributed by atoms with van der Waals surface area (Å²) in [6.45, 7) is 3.78. The minimum Gasteiger partial charge on any atom is -0.478 e. The molecule has 1 atom stereocenters. The lowest BCUT2D eigenvalue weighted by Gasteiger charge is -2.20. The monoisotopic (exact) mass is 208 g/mol. The summed E-state index contributed by atoms with van der Waals surface area (Å²) in [6.07, 6.45) is 0.698. The summed E-state index contributed by atoms with van der Waals surface area (Å²) in [5.41, 5.74) is 0.206. The lowest BCUT2D eigenvalue weighted by Crippen LogP contribution is -2.33. The quantitative estimate of drug-likeness (QED) is 0.810. The van der Waals surface area contributed by atoms with Crippen molar-refractivity contribution in [2.75, 3.05) is 0 Å². The first-order valence-electron chi connectivity index (χ1n) is 4.79. The third-order valence-corrected chi connectivity index (χ3v) is 2.48. The summed E-state index contributed by atoms with van der Waals surface area (Å²) in [4.78, 5) is 10.7. The Kier molecular flexibility index (Phi) is 2.07. The van der Waals surface area contributed by atoms with Gasteiger partial charge in [-0.1, -0.05) is 6.92 Å². The van der Waals surface area contributed by atoms with Crippen molar-refractivity contribution in [2.24, 2.45) is 0 Å². The van der Waals surface area contributed by atoms with Crippen molar-refractivity contribution in [3.63, 3.8) is 0 Å². The molecule has 0 saturated heterocycles. The number of hydrogen-bond acceptors (Lipinski definition) is 3. The van der Waals surface area contributed by atoms with E-state index >= 15 is 0 Å². The van der Waals surface area contributed by atoms with Crippen LogP contribution < -0.4 is 9.47 Å². The van der Waals surface area contributed by atoms with Crippen LogP contribution in [0.25, 0.3) is 0 Å². The lowest BCUT2D eigenvalue weighted by atomic mass is 10.2. The second kappa shape index (κ2) is 3.15. The van der Waals surface area contributed by atoms with E-state index in [1.54, 1.807) is 6.07 Å². The normalized spacial score (nSPS) is 22.8. The number of aromatic carboxylic acids is 1. The van der Waals surface area contributed by atoms with E-state index in [9.17, 15) is 4.79 Å². The number of carboxylic acid groups (broad SMARTS) is 1. The van der Waals surface area contributed by atoms with Crippen LogP contribution in [-0.4, -0.2) is 16.9 Å². The molecule has 1 heterocycles. The van der Waals surface area contributed by atoms with Crippen molar-refractivity contribution < 1.29 is 19.4 Å². The molecular weight excluding hydrogens is 196 g/mol. The third-order valence-electron chi connectivity index (χ3n) is 2.48. The van der Waals surface area contributed by atoms with Crippen molar-refractivity contribution in [3.8, 4) is 11.5 Å². The SMILES string of the molecule is CCC1(C)Oc2ccc(C(=O)O)cc2O1. The molecule has 0 radical (unpaired) electrons. The van der Waals surface area contributed by atoms with Crippen LogP contribution in [0, 0.1) is 0 Å². The molecular formula is C11H12O4. The zero-order valence-corrected chi connectivity index (χ0v) is 8.61. The zero-order chi connectivity index (χ0) is 11.1. The summed E-state index contributed by atoms with van der Waals surface area (Å²) < 4.78 is 11.1. The number of carbonyl (C=O) groups is 1. The van der Waals surface area contributed by atoms with Gasteiger partial charge in [0.15, 0.2) is 11.5 Å². The molecule has 4 nitrogen and oxygen atoms in total. The van der Waals surface area contributed by atoms with Crippen LogP contribution in [0.5, 0.6) is 11.5 Å². The smallest absolute Gasteiger partial charge is 0.335 e. The highest BCUT2D eigenvalue weighted by Crippen LogP contribution is 2.40. The Balaban J connectivity index is 2.35. The number of carboxylic acids is 1. The molecule has 2 rings (SSSR count). The predicted octanol–water partition coefficient (Wildman–Crippen LogP) is 2.28. The molecule has 0 spiro atoms. The van der Waals surface area contributed by atoms with Gasteiger partial charge in [0.25, 0.3) is 0 Å². The minimum atomic E-state index is -0.966. The molecule has 0 fully saturated rings. The van der Waals surface area contributed by atoms with Crippen molar-refractivity contribution in [1.29, 1.82) is 0 Å². The van der Waals surface area contributed by atoms with Gasteiger partial charge in [-0.15, -0.1) is 0 Å². The highest BCUT2D eigenvalue weighted by molar-refractivity contribution is 5.88. The summed E-state index contributed by atoms with van der Waals surface area (Å²) in [6, 6.07) is 4.62. The number of benzene rings is 1. The molecule has 0 bridgehead atoms. The fraction of sp³-hybridized carbons (Fsp3) is 0.364. The van der Waals surface area contributed by atoms with E-state index in [1.165, 1.54) is 12.1 Å². The van der Waals surface area contributed by atoms with Gasteiger partial charge in [-0.05, 0) is 18.2 Å². The number of fused-ring (bicyclic) bond motifs is 1. The van der Waals surface area contributed by atoms with Crippen molar-refractivity contribution in [1.82, 2.24) is 0 Å². The fourth-order valence-corrected chi connectivity index (χ4v) is 1.44. The van der Waals surface area contributed by atoms with Crippen molar-refractivity contribution in [2.45, 2.75) is 26.1 Å². The van der Waals surface area contributed by atoms with Gasteiger partial charge in [0.05, 0.1) is 5.56 Å². The number of rotatable bonds is 2. The summed E-state index contributed by atoms with van der Waals surface area (Å²) in [5.74, 6) is -0.533. The summed E-state index contributed by atoms with van der Waals surface area (Å²) in [5, 5.41) is 8.81. The Morgan fingerprint density at radius 3 is 2.67 bits per heavy atom. The maximum atomic E-state index is 10.7. The Morgan fingerprint density at radius 1 is 1.40 bits per heavy atom. The van der Waals surface area contributed by atoms with Gasteiger partial charge in [-0.3, -0.25) is 0 Å². The minimum absolute atomic E-state index is 0.206. The highest BCUT2D eigenvalue weighted by atomic mass is 16.7. The van der Waals surface area contributed by atoms with Crippen LogP contribution in [0.1, 0.15) is 30.6 Å². The van der Waals surface area contributed by atoms with Crippen molar-refractivity contribution in [3.05, 3.63) is 23.8 Å². The Hall–Kier alpha value is -1.71. The molecule has 4 heteroatoms. The molecule has 0 saturated carbocycles. The van der Waals surface area contributed by atoms with E-state index in [4.69, 9.17) is 14.6 Å². The average molecular weight is 208 g/mol. The molecule has 0 amide bonds. The van der Waals surface area contributed by atoms with Gasteiger partial charge in [0.2, 0.25) is 5.79 Å². The first-order chi connectivity index (χ1) is 7.04. The van der Waals surface area contributed by atoms with Gasteiger partial charge in [-0.25, -0.2) is 4.79 Å². The van der Waals surface area contributed by atoms with Crippen molar-refractivity contribution >= 4 is 5.97 Å². The van der Waals surface area contributed by atoms with E-state index in [0.717, 1.165) is 0 Å². The van der Waals surface area contributed by atoms with E-state index in [2.05, 4.69) is 0 Å². The van der Waals surface area contributed by atoms with Gasteiger partial charge in [0, 0.05) is 13.3 Å². The molecule has 1 aliphatic rings. The maximum absolute atomic E-state index is 10.7. The van der Waals surface area contributed by atoms with E-state index < -0.39 is 11.8 Å². The first kappa shape index (κ1) is 9.83. The maximum Gasteiger partial charge on any atom is 0.335 e. The predicted molar refractivity (Wildman–Crippen MR) is 53.4 cm³/mol. The third kappa shape index (κ3) is 1.63. The average Bonchev–Trinajstić information content (AvgIpc) is 2.53. The molecule has 15 heavy (non-hydrogen) atoms. The highest BCUT2D eigenvalue weighted by Gasteiger charge is 2.35. The molecule has 1 aromatic rings. The van der Waals surface area contributed by atoms with Gasteiger partial charge in [-0.2, -0.15) is 0 Å². The fourth-order valence-electron chi connectivity index (χ4n) is 1.44. The lowest BCUT2D eigenvalue weighted by molar-refractivity contribution is -0.0640. The summed E-state index contributed by atoms with van der Waals surface area (Å²) in [7, 11) is 0.